The van der Waals surface area contributed by atoms with Gasteiger partial charge in [0, 0.05) is 58.9 Å². The third kappa shape index (κ3) is 3.29. The maximum absolute atomic E-state index is 5.81. The molecule has 0 fully saturated rings. The maximum atomic E-state index is 5.81. The van der Waals surface area contributed by atoms with Gasteiger partial charge in [-0.05, 0) is 24.3 Å². The van der Waals surface area contributed by atoms with E-state index in [0.29, 0.717) is 0 Å². The molecule has 0 bridgehead atoms. The normalized spacial score (nSPS) is 14.8. The summed E-state index contributed by atoms with van der Waals surface area (Å²) in [7, 11) is 4.27. The van der Waals surface area contributed by atoms with E-state index in [-0.39, 0.29) is 0 Å². The molecule has 4 heterocycles. The van der Waals surface area contributed by atoms with Crippen LogP contribution in [-0.4, -0.2) is 28.6 Å². The predicted octanol–water partition coefficient (Wildman–Crippen LogP) is 9.01. The maximum Gasteiger partial charge on any atom is 0.0774 e. The lowest BCUT2D eigenvalue weighted by molar-refractivity contribution is 0.957. The van der Waals surface area contributed by atoms with E-state index in [9.17, 15) is 0 Å². The average molecular weight is 623 g/mol. The minimum absolute atomic E-state index is 0.836. The monoisotopic (exact) mass is 622 g/mol. The number of hydrogen-bond donors (Lipinski definition) is 0. The molecule has 6 aromatic rings. The SMILES string of the molecule is Cn1c(C=C2C(=S)c3ccccc3C2=S)cc2sc3c(sc4cc(C=C5C(=S)c6ccccc6C5=S)n(C)c43)c21. The Labute approximate surface area is 259 Å². The lowest BCUT2D eigenvalue weighted by atomic mass is 10.1. The molecule has 0 N–H and O–H groups in total. The Morgan fingerprint density at radius 3 is 1.20 bits per heavy atom. The number of benzene rings is 2. The van der Waals surface area contributed by atoms with Crippen LogP contribution in [0, 0.1) is 0 Å². The minimum Gasteiger partial charge on any atom is -0.342 e. The van der Waals surface area contributed by atoms with Crippen LogP contribution in [0.5, 0.6) is 0 Å². The molecule has 0 unspecified atom stereocenters. The molecule has 0 radical (unpaired) electrons. The zero-order valence-corrected chi connectivity index (χ0v) is 26.2. The standard InChI is InChI=1S/C32H18N2S6/c1-33-15(11-21-27(35)17-7-3-4-8-18(17)28(21)36)13-23-25(33)31-32(39-23)26-24(40-31)14-16(34(26)2)12-22-29(37)19-9-5-6-10-20(19)30(22)38/h3-14H,1-2H3. The van der Waals surface area contributed by atoms with Crippen molar-refractivity contribution in [3.63, 3.8) is 0 Å². The fourth-order valence-electron chi connectivity index (χ4n) is 5.88. The van der Waals surface area contributed by atoms with Crippen LogP contribution in [0.25, 0.3) is 42.0 Å². The Bertz CT molecular complexity index is 2020. The largest absolute Gasteiger partial charge is 0.342 e. The molecule has 0 saturated heterocycles. The first-order valence-electron chi connectivity index (χ1n) is 12.6. The van der Waals surface area contributed by atoms with Crippen LogP contribution in [-0.2, 0) is 14.1 Å². The van der Waals surface area contributed by atoms with E-state index in [2.05, 4.69) is 71.8 Å². The van der Waals surface area contributed by atoms with Crippen molar-refractivity contribution >= 4 is 133 Å². The quantitative estimate of drug-likeness (QED) is 0.141. The van der Waals surface area contributed by atoms with Gasteiger partial charge in [-0.1, -0.05) is 97.4 Å². The Balaban J connectivity index is 1.22. The zero-order valence-electron chi connectivity index (χ0n) is 21.3. The second kappa shape index (κ2) is 8.76. The molecule has 2 aromatic carbocycles. The number of thiophene rings is 2. The van der Waals surface area contributed by atoms with Crippen LogP contribution in [0.4, 0.5) is 0 Å². The van der Waals surface area contributed by atoms with E-state index in [1.165, 1.54) is 29.8 Å². The molecule has 0 spiro atoms. The van der Waals surface area contributed by atoms with Crippen molar-refractivity contribution in [3.8, 4) is 0 Å². The van der Waals surface area contributed by atoms with Gasteiger partial charge in [0.1, 0.15) is 0 Å². The summed E-state index contributed by atoms with van der Waals surface area (Å²) in [5.41, 5.74) is 10.9. The number of allylic oxidation sites excluding steroid dienone is 2. The highest BCUT2D eigenvalue weighted by molar-refractivity contribution is 7.84. The topological polar surface area (TPSA) is 9.86 Å². The van der Waals surface area contributed by atoms with Crippen LogP contribution >= 0.6 is 71.5 Å². The smallest absolute Gasteiger partial charge is 0.0774 e. The van der Waals surface area contributed by atoms with Crippen molar-refractivity contribution in [3.05, 3.63) is 105 Å². The van der Waals surface area contributed by atoms with E-state index in [0.717, 1.165) is 64.2 Å². The Morgan fingerprint density at radius 1 is 0.550 bits per heavy atom. The molecule has 0 amide bonds. The van der Waals surface area contributed by atoms with Gasteiger partial charge < -0.3 is 9.13 Å². The summed E-state index contributed by atoms with van der Waals surface area (Å²) in [5, 5.41) is 0. The Kier molecular flexibility index (Phi) is 5.43. The van der Waals surface area contributed by atoms with E-state index in [4.69, 9.17) is 48.9 Å². The second-order valence-corrected chi connectivity index (χ2v) is 13.8. The van der Waals surface area contributed by atoms with Gasteiger partial charge in [-0.2, -0.15) is 0 Å². The molecule has 2 aliphatic rings. The van der Waals surface area contributed by atoms with Crippen molar-refractivity contribution in [2.45, 2.75) is 0 Å². The van der Waals surface area contributed by atoms with Crippen molar-refractivity contribution in [2.24, 2.45) is 14.1 Å². The average Bonchev–Trinajstić information content (AvgIpc) is 3.74. The van der Waals surface area contributed by atoms with Gasteiger partial charge in [-0.15, -0.1) is 22.7 Å². The molecule has 192 valence electrons. The summed E-state index contributed by atoms with van der Waals surface area (Å²) >= 11 is 26.9. The molecule has 8 heteroatoms. The van der Waals surface area contributed by atoms with Gasteiger partial charge in [0.15, 0.2) is 0 Å². The molecule has 8 rings (SSSR count). The van der Waals surface area contributed by atoms with Crippen molar-refractivity contribution in [1.29, 1.82) is 0 Å². The van der Waals surface area contributed by atoms with Crippen LogP contribution < -0.4 is 0 Å². The zero-order chi connectivity index (χ0) is 27.4. The van der Waals surface area contributed by atoms with Crippen LogP contribution in [0.2, 0.25) is 0 Å². The predicted molar refractivity (Wildman–Crippen MR) is 188 cm³/mol. The van der Waals surface area contributed by atoms with Gasteiger partial charge in [0.05, 0.1) is 49.3 Å². The highest BCUT2D eigenvalue weighted by atomic mass is 32.1. The number of aryl methyl sites for hydroxylation is 2. The Morgan fingerprint density at radius 2 is 0.875 bits per heavy atom. The molecule has 0 saturated carbocycles. The van der Waals surface area contributed by atoms with Gasteiger partial charge in [0.2, 0.25) is 0 Å². The number of fused-ring (bicyclic) bond motifs is 7. The van der Waals surface area contributed by atoms with Crippen molar-refractivity contribution < 1.29 is 0 Å². The summed E-state index contributed by atoms with van der Waals surface area (Å²) in [5.74, 6) is 0. The first-order valence-corrected chi connectivity index (χ1v) is 15.9. The third-order valence-corrected chi connectivity index (χ3v) is 12.1. The molecule has 2 nitrogen and oxygen atoms in total. The van der Waals surface area contributed by atoms with Gasteiger partial charge >= 0.3 is 0 Å². The third-order valence-electron chi connectivity index (χ3n) is 7.93. The van der Waals surface area contributed by atoms with Crippen molar-refractivity contribution in [2.75, 3.05) is 0 Å². The first kappa shape index (κ1) is 24.8. The highest BCUT2D eigenvalue weighted by Crippen LogP contribution is 2.46. The first-order chi connectivity index (χ1) is 19.3. The highest BCUT2D eigenvalue weighted by Gasteiger charge is 2.28. The summed E-state index contributed by atoms with van der Waals surface area (Å²) in [6.07, 6.45) is 4.32. The van der Waals surface area contributed by atoms with Gasteiger partial charge in [0.25, 0.3) is 0 Å². The molecule has 4 aromatic heterocycles. The molecule has 0 atom stereocenters. The molecule has 0 aliphatic heterocycles. The molecule has 2 aliphatic carbocycles. The number of thiocarbonyl (C=S) groups is 4. The number of aromatic nitrogens is 2. The fourth-order valence-corrected chi connectivity index (χ4v) is 10.3. The Hall–Kier alpha value is -2.98. The fraction of sp³-hybridized carbons (Fsp3) is 0.0625. The number of hydrogen-bond acceptors (Lipinski definition) is 6. The summed E-state index contributed by atoms with van der Waals surface area (Å²) < 4.78 is 9.71. The van der Waals surface area contributed by atoms with Crippen LogP contribution in [0.3, 0.4) is 0 Å². The molecular weight excluding hydrogens is 605 g/mol. The summed E-state index contributed by atoms with van der Waals surface area (Å²) in [6, 6.07) is 20.8. The van der Waals surface area contributed by atoms with Gasteiger partial charge in [-0.3, -0.25) is 0 Å². The van der Waals surface area contributed by atoms with E-state index >= 15 is 0 Å². The second-order valence-electron chi connectivity index (χ2n) is 10.1. The molecular formula is C32H18N2S6. The summed E-state index contributed by atoms with van der Waals surface area (Å²) in [4.78, 5) is 3.34. The van der Waals surface area contributed by atoms with Crippen LogP contribution in [0.1, 0.15) is 33.6 Å². The van der Waals surface area contributed by atoms with E-state index in [1.54, 1.807) is 0 Å². The lowest BCUT2D eigenvalue weighted by Gasteiger charge is -2.03. The number of rotatable bonds is 2. The van der Waals surface area contributed by atoms with Crippen LogP contribution in [0.15, 0.2) is 71.8 Å². The minimum atomic E-state index is 0.836. The summed E-state index contributed by atoms with van der Waals surface area (Å²) in [6.45, 7) is 0. The number of nitrogens with zero attached hydrogens (tertiary/aromatic N) is 2. The van der Waals surface area contributed by atoms with Crippen molar-refractivity contribution in [1.82, 2.24) is 9.13 Å². The van der Waals surface area contributed by atoms with E-state index < -0.39 is 0 Å². The van der Waals surface area contributed by atoms with E-state index in [1.807, 2.05) is 46.9 Å². The van der Waals surface area contributed by atoms with Gasteiger partial charge in [-0.25, -0.2) is 0 Å². The molecule has 40 heavy (non-hydrogen) atoms. The lowest BCUT2D eigenvalue weighted by Crippen LogP contribution is -2.00.